The molecule has 1 unspecified atom stereocenters. The lowest BCUT2D eigenvalue weighted by atomic mass is 9.74. The van der Waals surface area contributed by atoms with E-state index in [1.807, 2.05) is 18.6 Å². The predicted octanol–water partition coefficient (Wildman–Crippen LogP) is 9.23. The molecule has 0 saturated heterocycles. The Bertz CT molecular complexity index is 2190. The van der Waals surface area contributed by atoms with Crippen molar-refractivity contribution < 1.29 is 0 Å². The lowest BCUT2D eigenvalue weighted by Gasteiger charge is -2.30. The summed E-state index contributed by atoms with van der Waals surface area (Å²) < 4.78 is 2.39. The molecule has 4 aromatic carbocycles. The summed E-state index contributed by atoms with van der Waals surface area (Å²) in [6.07, 6.45) is 8.92. The number of hydrogen-bond donors (Lipinski definition) is 0. The van der Waals surface area contributed by atoms with Crippen molar-refractivity contribution in [2.24, 2.45) is 0 Å². The van der Waals surface area contributed by atoms with Gasteiger partial charge in [0.2, 0.25) is 0 Å². The summed E-state index contributed by atoms with van der Waals surface area (Å²) in [6, 6.07) is 35.8. The smallest absolute Gasteiger partial charge is 0.0571 e. The fraction of sp³-hybridized carbons (Fsp3) is 0.128. The molecule has 9 rings (SSSR count). The molecular formula is C39H29N3. The summed E-state index contributed by atoms with van der Waals surface area (Å²) in [5.41, 5.74) is 15.7. The minimum atomic E-state index is -0.123. The van der Waals surface area contributed by atoms with Gasteiger partial charge in [0.05, 0.1) is 11.0 Å². The molecule has 0 amide bonds. The molecule has 0 aliphatic heterocycles. The van der Waals surface area contributed by atoms with Crippen LogP contribution in [0.4, 0.5) is 0 Å². The van der Waals surface area contributed by atoms with Crippen LogP contribution in [0.25, 0.3) is 49.7 Å². The molecule has 2 aliphatic rings. The Morgan fingerprint density at radius 3 is 2.19 bits per heavy atom. The van der Waals surface area contributed by atoms with Crippen LogP contribution in [0, 0.1) is 0 Å². The lowest BCUT2D eigenvalue weighted by Crippen LogP contribution is -2.17. The second-order valence-corrected chi connectivity index (χ2v) is 12.3. The minimum Gasteiger partial charge on any atom is -0.309 e. The zero-order chi connectivity index (χ0) is 28.0. The highest BCUT2D eigenvalue weighted by molar-refractivity contribution is 6.11. The van der Waals surface area contributed by atoms with Crippen LogP contribution < -0.4 is 0 Å². The van der Waals surface area contributed by atoms with E-state index in [4.69, 9.17) is 0 Å². The molecule has 0 radical (unpaired) electrons. The quantitative estimate of drug-likeness (QED) is 0.219. The van der Waals surface area contributed by atoms with Crippen LogP contribution in [0.2, 0.25) is 0 Å². The van der Waals surface area contributed by atoms with Crippen molar-refractivity contribution >= 4 is 21.8 Å². The van der Waals surface area contributed by atoms with Crippen molar-refractivity contribution in [3.8, 4) is 27.9 Å². The molecule has 3 heteroatoms. The van der Waals surface area contributed by atoms with Crippen molar-refractivity contribution in [3.05, 3.63) is 150 Å². The Morgan fingerprint density at radius 1 is 0.643 bits per heavy atom. The van der Waals surface area contributed by atoms with E-state index >= 15 is 0 Å². The van der Waals surface area contributed by atoms with E-state index in [1.165, 1.54) is 77.6 Å². The molecule has 0 N–H and O–H groups in total. The van der Waals surface area contributed by atoms with Gasteiger partial charge in [-0.05, 0) is 93.4 Å². The van der Waals surface area contributed by atoms with Gasteiger partial charge in [-0.1, -0.05) is 68.4 Å². The zero-order valence-electron chi connectivity index (χ0n) is 23.7. The van der Waals surface area contributed by atoms with Crippen LogP contribution in [-0.4, -0.2) is 14.5 Å². The van der Waals surface area contributed by atoms with E-state index in [-0.39, 0.29) is 5.41 Å². The number of nitrogens with zero attached hydrogens (tertiary/aromatic N) is 3. The van der Waals surface area contributed by atoms with Crippen LogP contribution >= 0.6 is 0 Å². The van der Waals surface area contributed by atoms with Crippen molar-refractivity contribution in [1.82, 2.24) is 14.5 Å². The van der Waals surface area contributed by atoms with Crippen LogP contribution in [0.1, 0.15) is 47.6 Å². The van der Waals surface area contributed by atoms with Gasteiger partial charge >= 0.3 is 0 Å². The highest BCUT2D eigenvalue weighted by Crippen LogP contribution is 2.54. The first-order chi connectivity index (χ1) is 20.6. The molecule has 42 heavy (non-hydrogen) atoms. The van der Waals surface area contributed by atoms with Crippen molar-refractivity contribution in [2.45, 2.75) is 31.6 Å². The summed E-state index contributed by atoms with van der Waals surface area (Å²) in [6.45, 7) is 4.78. The molecule has 2 aliphatic carbocycles. The van der Waals surface area contributed by atoms with Gasteiger partial charge in [-0.2, -0.15) is 0 Å². The van der Waals surface area contributed by atoms with Gasteiger partial charge in [0.1, 0.15) is 0 Å². The van der Waals surface area contributed by atoms with Crippen LogP contribution in [0.15, 0.2) is 122 Å². The Balaban J connectivity index is 1.30. The third-order valence-corrected chi connectivity index (χ3v) is 9.75. The van der Waals surface area contributed by atoms with Crippen LogP contribution in [0.3, 0.4) is 0 Å². The first-order valence-corrected chi connectivity index (χ1v) is 14.7. The first kappa shape index (κ1) is 23.7. The van der Waals surface area contributed by atoms with E-state index < -0.39 is 0 Å². The largest absolute Gasteiger partial charge is 0.309 e. The number of benzene rings is 4. The fourth-order valence-corrected chi connectivity index (χ4v) is 7.70. The van der Waals surface area contributed by atoms with Crippen molar-refractivity contribution in [3.63, 3.8) is 0 Å². The topological polar surface area (TPSA) is 30.7 Å². The van der Waals surface area contributed by atoms with Gasteiger partial charge in [-0.25, -0.2) is 0 Å². The Labute approximate surface area is 245 Å². The normalized spacial score (nSPS) is 16.2. The molecule has 0 spiro atoms. The van der Waals surface area contributed by atoms with Gasteiger partial charge in [0, 0.05) is 58.1 Å². The highest BCUT2D eigenvalue weighted by atomic mass is 15.0. The summed E-state index contributed by atoms with van der Waals surface area (Å²) in [5.74, 6) is 0.328. The highest BCUT2D eigenvalue weighted by Gasteiger charge is 2.38. The molecular weight excluding hydrogens is 510 g/mol. The standard InChI is InChI=1S/C39H29N3/c1-39(2)35-18-25-17-28(24-9-5-3-6-10-24)27-13-15-40-22-33(27)29(25)19-30(35)31-20-32-34-23-41-16-14-37(34)42(38(32)21-36(31)39)26-11-7-4-8-12-26/h3-16,18-23,28H,17H2,1-2H3. The van der Waals surface area contributed by atoms with Gasteiger partial charge in [0.25, 0.3) is 0 Å². The maximum absolute atomic E-state index is 4.59. The molecule has 1 atom stereocenters. The number of rotatable bonds is 2. The molecule has 3 heterocycles. The molecule has 0 fully saturated rings. The number of aromatic nitrogens is 3. The Kier molecular flexibility index (Phi) is 4.79. The second-order valence-electron chi connectivity index (χ2n) is 12.3. The Hall–Kier alpha value is -5.02. The lowest BCUT2D eigenvalue weighted by molar-refractivity contribution is 0.658. The summed E-state index contributed by atoms with van der Waals surface area (Å²) >= 11 is 0. The maximum atomic E-state index is 4.59. The van der Waals surface area contributed by atoms with E-state index in [1.54, 1.807) is 0 Å². The van der Waals surface area contributed by atoms with Gasteiger partial charge in [-0.3, -0.25) is 9.97 Å². The minimum absolute atomic E-state index is 0.123. The molecule has 0 saturated carbocycles. The third-order valence-electron chi connectivity index (χ3n) is 9.75. The number of pyridine rings is 2. The van der Waals surface area contributed by atoms with Crippen LogP contribution in [0.5, 0.6) is 0 Å². The van der Waals surface area contributed by atoms with E-state index in [0.717, 1.165) is 6.42 Å². The van der Waals surface area contributed by atoms with Gasteiger partial charge in [0.15, 0.2) is 0 Å². The summed E-state index contributed by atoms with van der Waals surface area (Å²) in [7, 11) is 0. The van der Waals surface area contributed by atoms with Crippen molar-refractivity contribution in [2.75, 3.05) is 0 Å². The average Bonchev–Trinajstić information content (AvgIpc) is 3.47. The summed E-state index contributed by atoms with van der Waals surface area (Å²) in [4.78, 5) is 9.12. The zero-order valence-corrected chi connectivity index (χ0v) is 23.7. The molecule has 3 nitrogen and oxygen atoms in total. The molecule has 0 bridgehead atoms. The van der Waals surface area contributed by atoms with Crippen LogP contribution in [-0.2, 0) is 11.8 Å². The number of fused-ring (bicyclic) bond motifs is 9. The number of para-hydroxylation sites is 1. The maximum Gasteiger partial charge on any atom is 0.0571 e. The van der Waals surface area contributed by atoms with Crippen molar-refractivity contribution in [1.29, 1.82) is 0 Å². The van der Waals surface area contributed by atoms with E-state index in [2.05, 4.69) is 132 Å². The predicted molar refractivity (Wildman–Crippen MR) is 171 cm³/mol. The molecule has 3 aromatic heterocycles. The third kappa shape index (κ3) is 3.16. The SMILES string of the molecule is CC1(C)c2cc3c(cc2-c2cc4c5cnccc5n(-c5ccccc5)c4cc21)-c1cnccc1C(c1ccccc1)C3. The summed E-state index contributed by atoms with van der Waals surface area (Å²) in [5, 5.41) is 2.43. The number of hydrogen-bond acceptors (Lipinski definition) is 2. The van der Waals surface area contributed by atoms with Gasteiger partial charge < -0.3 is 4.57 Å². The molecule has 7 aromatic rings. The van der Waals surface area contributed by atoms with E-state index in [9.17, 15) is 0 Å². The first-order valence-electron chi connectivity index (χ1n) is 14.7. The second kappa shape index (κ2) is 8.50. The van der Waals surface area contributed by atoms with Gasteiger partial charge in [-0.15, -0.1) is 0 Å². The monoisotopic (exact) mass is 539 g/mol. The molecule has 200 valence electrons. The fourth-order valence-electron chi connectivity index (χ4n) is 7.70. The van der Waals surface area contributed by atoms with E-state index in [0.29, 0.717) is 5.92 Å². The average molecular weight is 540 g/mol. The Morgan fingerprint density at radius 2 is 1.36 bits per heavy atom.